The van der Waals surface area contributed by atoms with E-state index in [9.17, 15) is 9.18 Å². The van der Waals surface area contributed by atoms with Gasteiger partial charge in [-0.15, -0.1) is 0 Å². The number of anilines is 2. The standard InChI is InChI=1S/C20H23FN4O2/c1-27-15-6-8-22-19(14-15)24-12-10-23(11-13-24)18-7-9-25(20(18)26)17-5-3-2-4-16(17)21/h2-6,8,14,18H,7,9-13H2,1H3. The monoisotopic (exact) mass is 370 g/mol. The summed E-state index contributed by atoms with van der Waals surface area (Å²) in [5.41, 5.74) is 0.379. The van der Waals surface area contributed by atoms with Crippen LogP contribution in [-0.2, 0) is 4.79 Å². The van der Waals surface area contributed by atoms with E-state index in [-0.39, 0.29) is 17.8 Å². The molecule has 0 spiro atoms. The van der Waals surface area contributed by atoms with Crippen LogP contribution in [0.25, 0.3) is 0 Å². The van der Waals surface area contributed by atoms with Gasteiger partial charge in [0.1, 0.15) is 17.4 Å². The van der Waals surface area contributed by atoms with Crippen LogP contribution in [0.2, 0.25) is 0 Å². The van der Waals surface area contributed by atoms with Gasteiger partial charge in [-0.2, -0.15) is 0 Å². The van der Waals surface area contributed by atoms with E-state index in [1.54, 1.807) is 36.4 Å². The zero-order valence-corrected chi connectivity index (χ0v) is 15.3. The topological polar surface area (TPSA) is 48.9 Å². The van der Waals surface area contributed by atoms with Crippen molar-refractivity contribution in [2.45, 2.75) is 12.5 Å². The SMILES string of the molecule is COc1ccnc(N2CCN(C3CCN(c4ccccc4F)C3=O)CC2)c1. The third kappa shape index (κ3) is 3.47. The van der Waals surface area contributed by atoms with Crippen molar-refractivity contribution in [1.29, 1.82) is 0 Å². The lowest BCUT2D eigenvalue weighted by molar-refractivity contribution is -0.121. The lowest BCUT2D eigenvalue weighted by Crippen LogP contribution is -2.52. The average Bonchev–Trinajstić information content (AvgIpc) is 3.10. The molecule has 142 valence electrons. The molecule has 1 unspecified atom stereocenters. The molecule has 2 aromatic rings. The van der Waals surface area contributed by atoms with E-state index < -0.39 is 0 Å². The molecular weight excluding hydrogens is 347 g/mol. The van der Waals surface area contributed by atoms with E-state index in [0.717, 1.165) is 44.2 Å². The van der Waals surface area contributed by atoms with Crippen molar-refractivity contribution in [2.75, 3.05) is 49.6 Å². The Kier molecular flexibility index (Phi) is 4.94. The number of halogens is 1. The zero-order valence-electron chi connectivity index (χ0n) is 15.3. The van der Waals surface area contributed by atoms with Crippen molar-refractivity contribution in [3.63, 3.8) is 0 Å². The first-order valence-electron chi connectivity index (χ1n) is 9.22. The molecule has 2 aliphatic heterocycles. The van der Waals surface area contributed by atoms with Gasteiger partial charge in [-0.3, -0.25) is 9.69 Å². The minimum atomic E-state index is -0.347. The fourth-order valence-corrected chi connectivity index (χ4v) is 3.88. The molecule has 0 saturated carbocycles. The maximum atomic E-state index is 14.1. The predicted octanol–water partition coefficient (Wildman–Crippen LogP) is 2.16. The first-order valence-corrected chi connectivity index (χ1v) is 9.22. The number of piperazine rings is 1. The van der Waals surface area contributed by atoms with Crippen LogP contribution in [0.3, 0.4) is 0 Å². The molecule has 7 heteroatoms. The van der Waals surface area contributed by atoms with Crippen molar-refractivity contribution in [2.24, 2.45) is 0 Å². The maximum Gasteiger partial charge on any atom is 0.244 e. The smallest absolute Gasteiger partial charge is 0.244 e. The van der Waals surface area contributed by atoms with E-state index in [1.807, 2.05) is 12.1 Å². The van der Waals surface area contributed by atoms with Crippen LogP contribution >= 0.6 is 0 Å². The molecule has 0 radical (unpaired) electrons. The lowest BCUT2D eigenvalue weighted by atomic mass is 10.1. The Labute approximate surface area is 158 Å². The number of ether oxygens (including phenoxy) is 1. The average molecular weight is 370 g/mol. The summed E-state index contributed by atoms with van der Waals surface area (Å²) in [5, 5.41) is 0. The van der Waals surface area contributed by atoms with Gasteiger partial charge in [0.2, 0.25) is 5.91 Å². The molecule has 0 N–H and O–H groups in total. The second kappa shape index (κ2) is 7.52. The van der Waals surface area contributed by atoms with E-state index in [2.05, 4.69) is 14.8 Å². The Hall–Kier alpha value is -2.67. The first-order chi connectivity index (χ1) is 13.2. The summed E-state index contributed by atoms with van der Waals surface area (Å²) in [7, 11) is 1.64. The fraction of sp³-hybridized carbons (Fsp3) is 0.400. The van der Waals surface area contributed by atoms with Crippen molar-refractivity contribution >= 4 is 17.4 Å². The quantitative estimate of drug-likeness (QED) is 0.826. The number of carbonyl (C=O) groups is 1. The number of para-hydroxylation sites is 1. The van der Waals surface area contributed by atoms with Gasteiger partial charge in [-0.25, -0.2) is 9.37 Å². The molecule has 3 heterocycles. The van der Waals surface area contributed by atoms with Crippen LogP contribution in [0.4, 0.5) is 15.9 Å². The van der Waals surface area contributed by atoms with E-state index in [0.29, 0.717) is 12.2 Å². The first kappa shape index (κ1) is 17.7. The fourth-order valence-electron chi connectivity index (χ4n) is 3.88. The minimum absolute atomic E-state index is 0.00643. The van der Waals surface area contributed by atoms with E-state index >= 15 is 0 Å². The van der Waals surface area contributed by atoms with Gasteiger partial charge in [0.05, 0.1) is 18.8 Å². The molecule has 1 aromatic heterocycles. The highest BCUT2D eigenvalue weighted by atomic mass is 19.1. The Morgan fingerprint density at radius 1 is 1.11 bits per heavy atom. The van der Waals surface area contributed by atoms with Crippen molar-refractivity contribution in [3.05, 3.63) is 48.4 Å². The Morgan fingerprint density at radius 2 is 1.89 bits per heavy atom. The summed E-state index contributed by atoms with van der Waals surface area (Å²) < 4.78 is 19.3. The van der Waals surface area contributed by atoms with Crippen LogP contribution in [0.5, 0.6) is 5.75 Å². The number of carbonyl (C=O) groups excluding carboxylic acids is 1. The van der Waals surface area contributed by atoms with Gasteiger partial charge in [0, 0.05) is 45.0 Å². The number of amides is 1. The van der Waals surface area contributed by atoms with Gasteiger partial charge < -0.3 is 14.5 Å². The second-order valence-corrected chi connectivity index (χ2v) is 6.82. The number of aromatic nitrogens is 1. The summed E-state index contributed by atoms with van der Waals surface area (Å²) in [6.45, 7) is 3.70. The highest BCUT2D eigenvalue weighted by molar-refractivity contribution is 5.99. The number of pyridine rings is 1. The van der Waals surface area contributed by atoms with Gasteiger partial charge in [0.25, 0.3) is 0 Å². The number of hydrogen-bond donors (Lipinski definition) is 0. The van der Waals surface area contributed by atoms with Crippen molar-refractivity contribution < 1.29 is 13.9 Å². The molecule has 27 heavy (non-hydrogen) atoms. The second-order valence-electron chi connectivity index (χ2n) is 6.82. The summed E-state index contributed by atoms with van der Waals surface area (Å²) in [4.78, 5) is 23.3. The molecule has 6 nitrogen and oxygen atoms in total. The van der Waals surface area contributed by atoms with Crippen LogP contribution < -0.4 is 14.5 Å². The number of rotatable bonds is 4. The third-order valence-corrected chi connectivity index (χ3v) is 5.35. The molecule has 2 aliphatic rings. The van der Waals surface area contributed by atoms with Gasteiger partial charge in [0.15, 0.2) is 0 Å². The Balaban J connectivity index is 1.40. The van der Waals surface area contributed by atoms with Gasteiger partial charge in [-0.1, -0.05) is 12.1 Å². The molecule has 1 amide bonds. The molecule has 0 aliphatic carbocycles. The number of benzene rings is 1. The number of nitrogens with zero attached hydrogens (tertiary/aromatic N) is 4. The van der Waals surface area contributed by atoms with Crippen LogP contribution in [0, 0.1) is 5.82 Å². The largest absolute Gasteiger partial charge is 0.497 e. The normalized spacial score (nSPS) is 21.0. The van der Waals surface area contributed by atoms with Crippen LogP contribution in [-0.4, -0.2) is 61.7 Å². The molecule has 2 fully saturated rings. The molecule has 2 saturated heterocycles. The van der Waals surface area contributed by atoms with Gasteiger partial charge >= 0.3 is 0 Å². The molecule has 0 bridgehead atoms. The predicted molar refractivity (Wildman–Crippen MR) is 102 cm³/mol. The molecular formula is C20H23FN4O2. The Morgan fingerprint density at radius 3 is 2.63 bits per heavy atom. The summed E-state index contributed by atoms with van der Waals surface area (Å²) in [6, 6.07) is 10.1. The highest BCUT2D eigenvalue weighted by Gasteiger charge is 2.38. The van der Waals surface area contributed by atoms with Crippen LogP contribution in [0.1, 0.15) is 6.42 Å². The summed E-state index contributed by atoms with van der Waals surface area (Å²) >= 11 is 0. The summed E-state index contributed by atoms with van der Waals surface area (Å²) in [6.07, 6.45) is 2.47. The van der Waals surface area contributed by atoms with Crippen molar-refractivity contribution in [3.8, 4) is 5.75 Å². The van der Waals surface area contributed by atoms with Gasteiger partial charge in [-0.05, 0) is 24.6 Å². The molecule has 1 aromatic carbocycles. The number of hydrogen-bond acceptors (Lipinski definition) is 5. The zero-order chi connectivity index (χ0) is 18.8. The van der Waals surface area contributed by atoms with Crippen molar-refractivity contribution in [1.82, 2.24) is 9.88 Å². The van der Waals surface area contributed by atoms with E-state index in [4.69, 9.17) is 4.74 Å². The maximum absolute atomic E-state index is 14.1. The highest BCUT2D eigenvalue weighted by Crippen LogP contribution is 2.28. The Bertz CT molecular complexity index is 823. The third-order valence-electron chi connectivity index (χ3n) is 5.35. The summed E-state index contributed by atoms with van der Waals surface area (Å²) in [5.74, 6) is 1.32. The lowest BCUT2D eigenvalue weighted by Gasteiger charge is -2.37. The number of methoxy groups -OCH3 is 1. The van der Waals surface area contributed by atoms with E-state index in [1.165, 1.54) is 6.07 Å². The minimum Gasteiger partial charge on any atom is -0.497 e. The molecule has 1 atom stereocenters. The molecule has 4 rings (SSSR count). The van der Waals surface area contributed by atoms with Crippen LogP contribution in [0.15, 0.2) is 42.6 Å².